The van der Waals surface area contributed by atoms with E-state index in [9.17, 15) is 13.6 Å². The minimum Gasteiger partial charge on any atom is -0.488 e. The monoisotopic (exact) mass is 390 g/mol. The maximum Gasteiger partial charge on any atom is 0.253 e. The molecule has 0 bridgehead atoms. The molecule has 1 aliphatic heterocycles. The van der Waals surface area contributed by atoms with Crippen LogP contribution in [0.5, 0.6) is 5.75 Å². The first-order chi connectivity index (χ1) is 13.5. The van der Waals surface area contributed by atoms with Crippen molar-refractivity contribution >= 4 is 11.7 Å². The summed E-state index contributed by atoms with van der Waals surface area (Å²) < 4.78 is 31.0. The highest BCUT2D eigenvalue weighted by atomic mass is 19.1. The van der Waals surface area contributed by atoms with Crippen molar-refractivity contribution in [3.63, 3.8) is 0 Å². The van der Waals surface area contributed by atoms with E-state index in [4.69, 9.17) is 10.5 Å². The van der Waals surface area contributed by atoms with Crippen molar-refractivity contribution in [2.75, 3.05) is 32.1 Å². The van der Waals surface area contributed by atoms with Crippen molar-refractivity contribution in [2.24, 2.45) is 0 Å². The molecule has 1 saturated heterocycles. The molecule has 0 unspecified atom stereocenters. The summed E-state index contributed by atoms with van der Waals surface area (Å²) >= 11 is 0. The van der Waals surface area contributed by atoms with E-state index in [2.05, 4.69) is 15.2 Å². The molecule has 0 aliphatic carbocycles. The van der Waals surface area contributed by atoms with Crippen LogP contribution in [0.4, 0.5) is 14.6 Å². The number of ether oxygens (including phenoxy) is 1. The number of alkyl halides is 1. The molecule has 0 spiro atoms. The van der Waals surface area contributed by atoms with Gasteiger partial charge in [-0.05, 0) is 42.7 Å². The normalized spacial score (nSPS) is 15.4. The van der Waals surface area contributed by atoms with E-state index in [0.29, 0.717) is 17.9 Å². The van der Waals surface area contributed by atoms with Crippen LogP contribution in [0.15, 0.2) is 36.5 Å². The summed E-state index contributed by atoms with van der Waals surface area (Å²) in [6.45, 7) is 1.45. The van der Waals surface area contributed by atoms with Crippen molar-refractivity contribution in [2.45, 2.75) is 25.4 Å². The van der Waals surface area contributed by atoms with Gasteiger partial charge in [-0.1, -0.05) is 6.07 Å². The number of amides is 1. The second kappa shape index (κ2) is 9.45. The van der Waals surface area contributed by atoms with E-state index in [1.54, 1.807) is 24.3 Å². The zero-order valence-electron chi connectivity index (χ0n) is 15.5. The van der Waals surface area contributed by atoms with E-state index < -0.39 is 12.5 Å². The Balaban J connectivity index is 1.49. The van der Waals surface area contributed by atoms with Crippen LogP contribution in [0.2, 0.25) is 0 Å². The SMILES string of the molecule is Nc1ccc(C(=O)NC2CCN(Cc3ccc(F)c(OCCF)c3)CC2)cn1. The lowest BCUT2D eigenvalue weighted by molar-refractivity contribution is 0.0908. The zero-order chi connectivity index (χ0) is 19.9. The molecule has 2 heterocycles. The topological polar surface area (TPSA) is 80.5 Å². The number of nitrogens with one attached hydrogen (secondary N) is 1. The molecule has 1 aromatic heterocycles. The minimum absolute atomic E-state index is 0.0782. The van der Waals surface area contributed by atoms with Gasteiger partial charge in [-0.15, -0.1) is 0 Å². The highest BCUT2D eigenvalue weighted by Gasteiger charge is 2.21. The van der Waals surface area contributed by atoms with Gasteiger partial charge in [0.05, 0.1) is 5.56 Å². The van der Waals surface area contributed by atoms with Gasteiger partial charge >= 0.3 is 0 Å². The number of piperidine rings is 1. The maximum atomic E-state index is 13.7. The van der Waals surface area contributed by atoms with Crippen LogP contribution in [0, 0.1) is 5.82 Å². The Hall–Kier alpha value is -2.74. The number of nitrogen functional groups attached to an aromatic ring is 1. The number of hydrogen-bond acceptors (Lipinski definition) is 5. The Labute approximate surface area is 162 Å². The molecule has 2 aromatic rings. The number of carbonyl (C=O) groups excluding carboxylic acids is 1. The predicted octanol–water partition coefficient (Wildman–Crippen LogP) is 2.55. The molecule has 0 atom stereocenters. The average Bonchev–Trinajstić information content (AvgIpc) is 2.70. The molecule has 3 N–H and O–H groups in total. The van der Waals surface area contributed by atoms with E-state index in [1.165, 1.54) is 12.3 Å². The molecular weight excluding hydrogens is 366 g/mol. The number of halogens is 2. The quantitative estimate of drug-likeness (QED) is 0.760. The number of rotatable bonds is 7. The molecule has 1 amide bonds. The zero-order valence-corrected chi connectivity index (χ0v) is 15.5. The van der Waals surface area contributed by atoms with Gasteiger partial charge in [-0.25, -0.2) is 13.8 Å². The summed E-state index contributed by atoms with van der Waals surface area (Å²) in [4.78, 5) is 18.4. The van der Waals surface area contributed by atoms with Crippen LogP contribution in [0.3, 0.4) is 0 Å². The number of hydrogen-bond donors (Lipinski definition) is 2. The Morgan fingerprint density at radius 2 is 2.07 bits per heavy atom. The molecule has 8 heteroatoms. The van der Waals surface area contributed by atoms with Gasteiger partial charge in [0, 0.05) is 31.9 Å². The van der Waals surface area contributed by atoms with Crippen LogP contribution in [0.25, 0.3) is 0 Å². The second-order valence-electron chi connectivity index (χ2n) is 6.80. The first-order valence-corrected chi connectivity index (χ1v) is 9.27. The molecular formula is C20H24F2N4O2. The Morgan fingerprint density at radius 3 is 2.75 bits per heavy atom. The predicted molar refractivity (Wildman–Crippen MR) is 102 cm³/mol. The van der Waals surface area contributed by atoms with Crippen LogP contribution < -0.4 is 15.8 Å². The van der Waals surface area contributed by atoms with Crippen molar-refractivity contribution < 1.29 is 18.3 Å². The van der Waals surface area contributed by atoms with Gasteiger partial charge in [-0.2, -0.15) is 0 Å². The van der Waals surface area contributed by atoms with Gasteiger partial charge in [0.2, 0.25) is 0 Å². The largest absolute Gasteiger partial charge is 0.488 e. The van der Waals surface area contributed by atoms with Gasteiger partial charge in [0.15, 0.2) is 11.6 Å². The fourth-order valence-corrected chi connectivity index (χ4v) is 3.21. The average molecular weight is 390 g/mol. The molecule has 0 saturated carbocycles. The van der Waals surface area contributed by atoms with Crippen molar-refractivity contribution in [1.82, 2.24) is 15.2 Å². The molecule has 1 aromatic carbocycles. The molecule has 1 aliphatic rings. The smallest absolute Gasteiger partial charge is 0.253 e. The molecule has 0 radical (unpaired) electrons. The third-order valence-electron chi connectivity index (χ3n) is 4.71. The Kier molecular flexibility index (Phi) is 6.76. The van der Waals surface area contributed by atoms with Crippen LogP contribution >= 0.6 is 0 Å². The summed E-state index contributed by atoms with van der Waals surface area (Å²) in [5.74, 6) is -0.187. The maximum absolute atomic E-state index is 13.7. The lowest BCUT2D eigenvalue weighted by Crippen LogP contribution is -2.44. The standard InChI is InChI=1S/C20H24F2N4O2/c21-7-10-28-18-11-14(1-3-17(18)22)13-26-8-5-16(6-9-26)25-20(27)15-2-4-19(23)24-12-15/h1-4,11-12,16H,5-10,13H2,(H2,23,24)(H,25,27). The number of likely N-dealkylation sites (tertiary alicyclic amines) is 1. The molecule has 28 heavy (non-hydrogen) atoms. The number of nitrogens with zero attached hydrogens (tertiary/aromatic N) is 2. The first-order valence-electron chi connectivity index (χ1n) is 9.27. The lowest BCUT2D eigenvalue weighted by atomic mass is 10.0. The van der Waals surface area contributed by atoms with E-state index >= 15 is 0 Å². The highest BCUT2D eigenvalue weighted by molar-refractivity contribution is 5.94. The van der Waals surface area contributed by atoms with Crippen LogP contribution in [-0.2, 0) is 6.54 Å². The number of anilines is 1. The van der Waals surface area contributed by atoms with Gasteiger partial charge in [-0.3, -0.25) is 9.69 Å². The van der Waals surface area contributed by atoms with Crippen molar-refractivity contribution in [3.05, 3.63) is 53.5 Å². The Morgan fingerprint density at radius 1 is 1.29 bits per heavy atom. The summed E-state index contributed by atoms with van der Waals surface area (Å²) in [6, 6.07) is 8.02. The summed E-state index contributed by atoms with van der Waals surface area (Å²) in [5, 5.41) is 3.03. The fourth-order valence-electron chi connectivity index (χ4n) is 3.21. The molecule has 1 fully saturated rings. The van der Waals surface area contributed by atoms with E-state index in [0.717, 1.165) is 31.5 Å². The van der Waals surface area contributed by atoms with Gasteiger partial charge in [0.1, 0.15) is 19.1 Å². The number of carbonyl (C=O) groups is 1. The number of benzene rings is 1. The van der Waals surface area contributed by atoms with E-state index in [-0.39, 0.29) is 24.3 Å². The fraction of sp³-hybridized carbons (Fsp3) is 0.400. The summed E-state index contributed by atoms with van der Waals surface area (Å²) in [5.41, 5.74) is 6.94. The highest BCUT2D eigenvalue weighted by Crippen LogP contribution is 2.21. The Bertz CT molecular complexity index is 793. The third kappa shape index (κ3) is 5.39. The number of aromatic nitrogens is 1. The first kappa shape index (κ1) is 20.0. The number of pyridine rings is 1. The van der Waals surface area contributed by atoms with Crippen LogP contribution in [0.1, 0.15) is 28.8 Å². The van der Waals surface area contributed by atoms with Gasteiger partial charge < -0.3 is 15.8 Å². The second-order valence-corrected chi connectivity index (χ2v) is 6.80. The number of nitrogens with two attached hydrogens (primary N) is 1. The van der Waals surface area contributed by atoms with Crippen molar-refractivity contribution in [1.29, 1.82) is 0 Å². The van der Waals surface area contributed by atoms with E-state index in [1.807, 2.05) is 0 Å². The summed E-state index contributed by atoms with van der Waals surface area (Å²) in [6.07, 6.45) is 3.11. The van der Waals surface area contributed by atoms with Crippen molar-refractivity contribution in [3.8, 4) is 5.75 Å². The summed E-state index contributed by atoms with van der Waals surface area (Å²) in [7, 11) is 0. The lowest BCUT2D eigenvalue weighted by Gasteiger charge is -2.32. The third-order valence-corrected chi connectivity index (χ3v) is 4.71. The molecule has 3 rings (SSSR count). The van der Waals surface area contributed by atoms with Crippen LogP contribution in [-0.4, -0.2) is 48.2 Å². The molecule has 6 nitrogen and oxygen atoms in total. The van der Waals surface area contributed by atoms with Gasteiger partial charge in [0.25, 0.3) is 5.91 Å². The molecule has 150 valence electrons. The minimum atomic E-state index is -0.657.